The molecule has 1 aliphatic carbocycles. The highest BCUT2D eigenvalue weighted by atomic mass is 19.1. The fourth-order valence-corrected chi connectivity index (χ4v) is 5.30. The van der Waals surface area contributed by atoms with E-state index in [1.807, 2.05) is 4.57 Å². The molecule has 2 aromatic rings. The standard InChI is InChI=1S/C27H33FN4O3/c28-22-8-6-20(7-9-22)24-16-32-18-30-25(23(32)17-35-24)27(34)31-14-11-21(12-15-31)26(33)29-13-10-19-4-2-1-3-5-19/h4,6-9,18,21,24H,1-3,5,10-17H2,(H,29,33)/t24-/m0/s1. The fourth-order valence-electron chi connectivity index (χ4n) is 5.30. The molecule has 3 heterocycles. The molecule has 3 aliphatic rings. The number of nitrogens with zero attached hydrogens (tertiary/aromatic N) is 3. The number of hydrogen-bond acceptors (Lipinski definition) is 4. The smallest absolute Gasteiger partial charge is 0.274 e. The molecule has 2 aliphatic heterocycles. The average molecular weight is 481 g/mol. The third kappa shape index (κ3) is 5.48. The molecular weight excluding hydrogens is 447 g/mol. The SMILES string of the molecule is O=C(NCCC1=CCCCC1)C1CCN(C(=O)c2ncn3c2CO[C@H](c2ccc(F)cc2)C3)CC1. The lowest BCUT2D eigenvalue weighted by Gasteiger charge is -2.31. The van der Waals surface area contributed by atoms with Crippen molar-refractivity contribution in [2.24, 2.45) is 5.92 Å². The Hall–Kier alpha value is -3.00. The van der Waals surface area contributed by atoms with Crippen LogP contribution >= 0.6 is 0 Å². The summed E-state index contributed by atoms with van der Waals surface area (Å²) in [5.74, 6) is -0.326. The molecule has 5 rings (SSSR count). The summed E-state index contributed by atoms with van der Waals surface area (Å²) in [5, 5.41) is 3.10. The van der Waals surface area contributed by atoms with Gasteiger partial charge in [0.1, 0.15) is 11.9 Å². The normalized spacial score (nSPS) is 20.8. The monoisotopic (exact) mass is 480 g/mol. The molecule has 186 valence electrons. The number of amides is 2. The van der Waals surface area contributed by atoms with Crippen molar-refractivity contribution in [3.8, 4) is 0 Å². The van der Waals surface area contributed by atoms with Crippen LogP contribution in [0.4, 0.5) is 4.39 Å². The van der Waals surface area contributed by atoms with E-state index in [-0.39, 0.29) is 36.3 Å². The van der Waals surface area contributed by atoms with E-state index in [9.17, 15) is 14.0 Å². The van der Waals surface area contributed by atoms with Gasteiger partial charge in [-0.3, -0.25) is 9.59 Å². The maximum Gasteiger partial charge on any atom is 0.274 e. The van der Waals surface area contributed by atoms with Gasteiger partial charge >= 0.3 is 0 Å². The second-order valence-electron chi connectivity index (χ2n) is 9.76. The number of nitrogens with one attached hydrogen (secondary N) is 1. The lowest BCUT2D eigenvalue weighted by molar-refractivity contribution is -0.126. The molecule has 2 amide bonds. The lowest BCUT2D eigenvalue weighted by atomic mass is 9.95. The van der Waals surface area contributed by atoms with Crippen molar-refractivity contribution in [2.75, 3.05) is 19.6 Å². The Kier molecular flexibility index (Phi) is 7.27. The van der Waals surface area contributed by atoms with Crippen LogP contribution in [0.2, 0.25) is 0 Å². The molecule has 1 saturated heterocycles. The van der Waals surface area contributed by atoms with Crippen LogP contribution in [0.3, 0.4) is 0 Å². The molecule has 35 heavy (non-hydrogen) atoms. The first-order valence-corrected chi connectivity index (χ1v) is 12.7. The van der Waals surface area contributed by atoms with Gasteiger partial charge in [0.05, 0.1) is 25.2 Å². The van der Waals surface area contributed by atoms with Crippen molar-refractivity contribution in [1.82, 2.24) is 19.8 Å². The number of benzene rings is 1. The van der Waals surface area contributed by atoms with Crippen LogP contribution in [0.5, 0.6) is 0 Å². The quantitative estimate of drug-likeness (QED) is 0.630. The minimum absolute atomic E-state index is 0.0462. The summed E-state index contributed by atoms with van der Waals surface area (Å²) in [6.07, 6.45) is 10.9. The van der Waals surface area contributed by atoms with Gasteiger partial charge in [0.15, 0.2) is 5.69 Å². The van der Waals surface area contributed by atoms with Crippen molar-refractivity contribution < 1.29 is 18.7 Å². The van der Waals surface area contributed by atoms with Crippen LogP contribution in [0.15, 0.2) is 42.2 Å². The van der Waals surface area contributed by atoms with Crippen LogP contribution in [0, 0.1) is 11.7 Å². The third-order valence-electron chi connectivity index (χ3n) is 7.46. The highest BCUT2D eigenvalue weighted by Crippen LogP contribution is 2.29. The van der Waals surface area contributed by atoms with Crippen molar-refractivity contribution in [2.45, 2.75) is 64.2 Å². The first kappa shape index (κ1) is 23.7. The third-order valence-corrected chi connectivity index (χ3v) is 7.46. The number of imidazole rings is 1. The topological polar surface area (TPSA) is 76.5 Å². The van der Waals surface area contributed by atoms with Crippen LogP contribution in [0.25, 0.3) is 0 Å². The summed E-state index contributed by atoms with van der Waals surface area (Å²) in [7, 11) is 0. The Morgan fingerprint density at radius 3 is 2.69 bits per heavy atom. The van der Waals surface area contributed by atoms with Gasteiger partial charge in [-0.15, -0.1) is 0 Å². The number of carbonyl (C=O) groups excluding carboxylic acids is 2. The number of hydrogen-bond donors (Lipinski definition) is 1. The number of likely N-dealkylation sites (tertiary alicyclic amines) is 1. The summed E-state index contributed by atoms with van der Waals surface area (Å²) in [6, 6.07) is 6.30. The molecule has 8 heteroatoms. The molecule has 0 radical (unpaired) electrons. The average Bonchev–Trinajstić information content (AvgIpc) is 3.33. The van der Waals surface area contributed by atoms with Crippen molar-refractivity contribution in [1.29, 1.82) is 0 Å². The number of allylic oxidation sites excluding steroid dienone is 1. The molecule has 1 fully saturated rings. The van der Waals surface area contributed by atoms with Crippen LogP contribution < -0.4 is 5.32 Å². The first-order chi connectivity index (χ1) is 17.1. The summed E-state index contributed by atoms with van der Waals surface area (Å²) >= 11 is 0. The highest BCUT2D eigenvalue weighted by Gasteiger charge is 2.32. The van der Waals surface area contributed by atoms with Gasteiger partial charge in [-0.2, -0.15) is 0 Å². The van der Waals surface area contributed by atoms with E-state index < -0.39 is 0 Å². The number of aromatic nitrogens is 2. The second-order valence-corrected chi connectivity index (χ2v) is 9.76. The zero-order chi connectivity index (χ0) is 24.2. The van der Waals surface area contributed by atoms with Crippen LogP contribution in [-0.2, 0) is 22.7 Å². The van der Waals surface area contributed by atoms with Crippen molar-refractivity contribution in [3.63, 3.8) is 0 Å². The van der Waals surface area contributed by atoms with Gasteiger partial charge in [-0.05, 0) is 62.6 Å². The van der Waals surface area contributed by atoms with E-state index in [0.717, 1.165) is 30.5 Å². The summed E-state index contributed by atoms with van der Waals surface area (Å²) in [6.45, 7) is 2.60. The van der Waals surface area contributed by atoms with Gasteiger partial charge in [0.2, 0.25) is 5.91 Å². The van der Waals surface area contributed by atoms with E-state index in [1.165, 1.54) is 30.5 Å². The zero-order valence-electron chi connectivity index (χ0n) is 20.0. The van der Waals surface area contributed by atoms with E-state index in [1.54, 1.807) is 23.4 Å². The van der Waals surface area contributed by atoms with Gasteiger partial charge in [-0.25, -0.2) is 9.37 Å². The number of fused-ring (bicyclic) bond motifs is 1. The molecule has 0 spiro atoms. The van der Waals surface area contributed by atoms with E-state index in [2.05, 4.69) is 16.4 Å². The Balaban J connectivity index is 1.12. The molecular formula is C27H33FN4O3. The Morgan fingerprint density at radius 2 is 1.94 bits per heavy atom. The molecule has 0 unspecified atom stereocenters. The minimum atomic E-state index is -0.279. The predicted molar refractivity (Wildman–Crippen MR) is 129 cm³/mol. The van der Waals surface area contributed by atoms with Gasteiger partial charge < -0.3 is 19.5 Å². The number of piperidine rings is 1. The van der Waals surface area contributed by atoms with Gasteiger partial charge in [0.25, 0.3) is 5.91 Å². The molecule has 0 saturated carbocycles. The number of rotatable bonds is 6. The first-order valence-electron chi connectivity index (χ1n) is 12.7. The second kappa shape index (κ2) is 10.7. The summed E-state index contributed by atoms with van der Waals surface area (Å²) in [5.41, 5.74) is 3.55. The van der Waals surface area contributed by atoms with Crippen molar-refractivity contribution >= 4 is 11.8 Å². The summed E-state index contributed by atoms with van der Waals surface area (Å²) < 4.78 is 21.2. The zero-order valence-corrected chi connectivity index (χ0v) is 20.0. The van der Waals surface area contributed by atoms with Crippen LogP contribution in [-0.4, -0.2) is 45.9 Å². The molecule has 7 nitrogen and oxygen atoms in total. The fraction of sp³-hybridized carbons (Fsp3) is 0.519. The Morgan fingerprint density at radius 1 is 1.14 bits per heavy atom. The number of ether oxygens (including phenoxy) is 1. The molecule has 1 aromatic heterocycles. The van der Waals surface area contributed by atoms with Crippen LogP contribution in [0.1, 0.15) is 72.8 Å². The predicted octanol–water partition coefficient (Wildman–Crippen LogP) is 4.15. The maximum absolute atomic E-state index is 13.2. The molecule has 0 bridgehead atoms. The summed E-state index contributed by atoms with van der Waals surface area (Å²) in [4.78, 5) is 32.0. The lowest BCUT2D eigenvalue weighted by Crippen LogP contribution is -2.43. The van der Waals surface area contributed by atoms with E-state index in [0.29, 0.717) is 44.7 Å². The van der Waals surface area contributed by atoms with Crippen molar-refractivity contribution in [3.05, 3.63) is 65.0 Å². The van der Waals surface area contributed by atoms with E-state index in [4.69, 9.17) is 4.74 Å². The van der Waals surface area contributed by atoms with Gasteiger partial charge in [0, 0.05) is 25.6 Å². The Labute approximate surface area is 205 Å². The Bertz CT molecular complexity index is 1090. The largest absolute Gasteiger partial charge is 0.365 e. The number of carbonyl (C=O) groups is 2. The maximum atomic E-state index is 13.2. The number of halogens is 1. The minimum Gasteiger partial charge on any atom is -0.365 e. The van der Waals surface area contributed by atoms with Gasteiger partial charge in [-0.1, -0.05) is 23.8 Å². The molecule has 1 aromatic carbocycles. The highest BCUT2D eigenvalue weighted by molar-refractivity contribution is 5.93. The van der Waals surface area contributed by atoms with E-state index >= 15 is 0 Å². The molecule has 1 N–H and O–H groups in total. The molecule has 1 atom stereocenters.